The van der Waals surface area contributed by atoms with Gasteiger partial charge in [0.1, 0.15) is 0 Å². The molecule has 1 aromatic rings. The van der Waals surface area contributed by atoms with Gasteiger partial charge in [-0.15, -0.1) is 0 Å². The van der Waals surface area contributed by atoms with Crippen molar-refractivity contribution in [1.82, 2.24) is 10.6 Å². The molecular formula is C16H25N3S. The highest BCUT2D eigenvalue weighted by atomic mass is 32.2. The second-order valence-electron chi connectivity index (χ2n) is 5.20. The van der Waals surface area contributed by atoms with Gasteiger partial charge in [0.15, 0.2) is 5.96 Å². The topological polar surface area (TPSA) is 36.4 Å². The summed E-state index contributed by atoms with van der Waals surface area (Å²) in [5, 5.41) is 7.53. The molecular weight excluding hydrogens is 266 g/mol. The van der Waals surface area contributed by atoms with Gasteiger partial charge in [0.05, 0.1) is 6.54 Å². The highest BCUT2D eigenvalue weighted by Gasteiger charge is 2.15. The van der Waals surface area contributed by atoms with E-state index in [2.05, 4.69) is 65.5 Å². The molecule has 1 heterocycles. The first kappa shape index (κ1) is 15.2. The molecule has 0 radical (unpaired) electrons. The summed E-state index contributed by atoms with van der Waals surface area (Å²) in [4.78, 5) is 4.67. The van der Waals surface area contributed by atoms with Gasteiger partial charge in [0.2, 0.25) is 0 Å². The van der Waals surface area contributed by atoms with Crippen molar-refractivity contribution in [2.24, 2.45) is 4.99 Å². The molecule has 1 saturated heterocycles. The molecule has 0 amide bonds. The highest BCUT2D eigenvalue weighted by Crippen LogP contribution is 2.25. The van der Waals surface area contributed by atoms with Crippen molar-refractivity contribution in [3.8, 4) is 0 Å². The number of nitrogens with zero attached hydrogens (tertiary/aromatic N) is 1. The molecule has 0 spiro atoms. The number of rotatable bonds is 5. The van der Waals surface area contributed by atoms with Crippen LogP contribution in [0.2, 0.25) is 0 Å². The number of guanidine groups is 1. The Bertz CT molecular complexity index is 439. The van der Waals surface area contributed by atoms with Crippen LogP contribution < -0.4 is 10.6 Å². The fraction of sp³-hybridized carbons (Fsp3) is 0.562. The molecule has 0 aliphatic carbocycles. The molecule has 1 unspecified atom stereocenters. The molecule has 1 fully saturated rings. The standard InChI is InChI=1S/C16H25N3S/c1-3-17-16(19-12-15-8-5-9-20-15)18-11-14-7-4-6-13(2)10-14/h4,6-7,10,15H,3,5,8-9,11-12H2,1-2H3,(H2,17,18,19). The third-order valence-corrected chi connectivity index (χ3v) is 4.77. The minimum absolute atomic E-state index is 0.731. The number of hydrogen-bond acceptors (Lipinski definition) is 2. The zero-order chi connectivity index (χ0) is 14.2. The predicted molar refractivity (Wildman–Crippen MR) is 89.5 cm³/mol. The zero-order valence-electron chi connectivity index (χ0n) is 12.5. The van der Waals surface area contributed by atoms with E-state index in [1.165, 1.54) is 29.7 Å². The number of aliphatic imine (C=N–C) groups is 1. The molecule has 110 valence electrons. The van der Waals surface area contributed by atoms with Crippen molar-refractivity contribution >= 4 is 17.7 Å². The smallest absolute Gasteiger partial charge is 0.191 e. The average Bonchev–Trinajstić information content (AvgIpc) is 2.95. The van der Waals surface area contributed by atoms with E-state index >= 15 is 0 Å². The third-order valence-electron chi connectivity index (χ3n) is 3.37. The van der Waals surface area contributed by atoms with Crippen LogP contribution in [0.3, 0.4) is 0 Å². The minimum Gasteiger partial charge on any atom is -0.357 e. The van der Waals surface area contributed by atoms with Gasteiger partial charge in [0, 0.05) is 18.3 Å². The molecule has 2 rings (SSSR count). The molecule has 3 nitrogen and oxygen atoms in total. The van der Waals surface area contributed by atoms with Gasteiger partial charge in [0.25, 0.3) is 0 Å². The van der Waals surface area contributed by atoms with Crippen molar-refractivity contribution in [3.05, 3.63) is 35.4 Å². The van der Waals surface area contributed by atoms with E-state index in [1.807, 2.05) is 0 Å². The molecule has 4 heteroatoms. The Kier molecular flexibility index (Phi) is 6.25. The van der Waals surface area contributed by atoms with Crippen molar-refractivity contribution in [3.63, 3.8) is 0 Å². The Morgan fingerprint density at radius 2 is 2.30 bits per heavy atom. The fourth-order valence-electron chi connectivity index (χ4n) is 2.34. The molecule has 0 aromatic heterocycles. The Morgan fingerprint density at radius 1 is 1.40 bits per heavy atom. The Hall–Kier alpha value is -1.16. The predicted octanol–water partition coefficient (Wildman–Crippen LogP) is 2.95. The van der Waals surface area contributed by atoms with Crippen LogP contribution in [-0.2, 0) is 6.54 Å². The monoisotopic (exact) mass is 291 g/mol. The van der Waals surface area contributed by atoms with E-state index < -0.39 is 0 Å². The van der Waals surface area contributed by atoms with Gasteiger partial charge in [-0.05, 0) is 38.0 Å². The lowest BCUT2D eigenvalue weighted by Gasteiger charge is -2.14. The lowest BCUT2D eigenvalue weighted by molar-refractivity contribution is 0.727. The number of aryl methyl sites for hydroxylation is 1. The van der Waals surface area contributed by atoms with Gasteiger partial charge < -0.3 is 10.6 Å². The summed E-state index contributed by atoms with van der Waals surface area (Å²) in [6.07, 6.45) is 2.68. The minimum atomic E-state index is 0.731. The van der Waals surface area contributed by atoms with Gasteiger partial charge >= 0.3 is 0 Å². The zero-order valence-corrected chi connectivity index (χ0v) is 13.3. The Balaban J connectivity index is 1.87. The van der Waals surface area contributed by atoms with Crippen LogP contribution in [-0.4, -0.2) is 30.1 Å². The maximum atomic E-state index is 4.67. The second kappa shape index (κ2) is 8.20. The summed E-state index contributed by atoms with van der Waals surface area (Å²) in [5.74, 6) is 2.24. The first-order chi connectivity index (χ1) is 9.78. The molecule has 1 aliphatic rings. The quantitative estimate of drug-likeness (QED) is 0.647. The number of thioether (sulfide) groups is 1. The molecule has 2 N–H and O–H groups in total. The number of benzene rings is 1. The normalized spacial score (nSPS) is 19.1. The molecule has 0 saturated carbocycles. The van der Waals surface area contributed by atoms with Crippen LogP contribution in [0.25, 0.3) is 0 Å². The van der Waals surface area contributed by atoms with E-state index in [4.69, 9.17) is 0 Å². The van der Waals surface area contributed by atoms with Crippen LogP contribution >= 0.6 is 11.8 Å². The van der Waals surface area contributed by atoms with Gasteiger partial charge in [-0.2, -0.15) is 11.8 Å². The van der Waals surface area contributed by atoms with Gasteiger partial charge in [-0.25, -0.2) is 4.99 Å². The van der Waals surface area contributed by atoms with Crippen LogP contribution in [0, 0.1) is 6.92 Å². The maximum absolute atomic E-state index is 4.67. The lowest BCUT2D eigenvalue weighted by Crippen LogP contribution is -2.40. The molecule has 1 atom stereocenters. The summed E-state index contributed by atoms with van der Waals surface area (Å²) in [7, 11) is 0. The van der Waals surface area contributed by atoms with Crippen molar-refractivity contribution in [1.29, 1.82) is 0 Å². The van der Waals surface area contributed by atoms with E-state index in [1.54, 1.807) is 0 Å². The number of hydrogen-bond donors (Lipinski definition) is 2. The van der Waals surface area contributed by atoms with Crippen LogP contribution in [0.1, 0.15) is 30.9 Å². The Labute approximate surface area is 126 Å². The van der Waals surface area contributed by atoms with E-state index in [0.717, 1.165) is 30.8 Å². The summed E-state index contributed by atoms with van der Waals surface area (Å²) >= 11 is 2.07. The lowest BCUT2D eigenvalue weighted by atomic mass is 10.1. The SMILES string of the molecule is CCNC(=NCc1cccc(C)c1)NCC1CCCS1. The summed E-state index contributed by atoms with van der Waals surface area (Å²) in [6, 6.07) is 8.54. The van der Waals surface area contributed by atoms with E-state index in [-0.39, 0.29) is 0 Å². The largest absolute Gasteiger partial charge is 0.357 e. The second-order valence-corrected chi connectivity index (χ2v) is 6.61. The maximum Gasteiger partial charge on any atom is 0.191 e. The first-order valence-corrected chi connectivity index (χ1v) is 8.52. The van der Waals surface area contributed by atoms with Gasteiger partial charge in [-0.1, -0.05) is 29.8 Å². The summed E-state index contributed by atoms with van der Waals surface area (Å²) < 4.78 is 0. The fourth-order valence-corrected chi connectivity index (χ4v) is 3.54. The van der Waals surface area contributed by atoms with Crippen LogP contribution in [0.5, 0.6) is 0 Å². The Morgan fingerprint density at radius 3 is 3.00 bits per heavy atom. The molecule has 1 aliphatic heterocycles. The van der Waals surface area contributed by atoms with E-state index in [0.29, 0.717) is 0 Å². The van der Waals surface area contributed by atoms with E-state index in [9.17, 15) is 0 Å². The molecule has 20 heavy (non-hydrogen) atoms. The summed E-state index contributed by atoms with van der Waals surface area (Å²) in [5.41, 5.74) is 2.55. The average molecular weight is 291 g/mol. The van der Waals surface area contributed by atoms with Crippen molar-refractivity contribution < 1.29 is 0 Å². The van der Waals surface area contributed by atoms with Gasteiger partial charge in [-0.3, -0.25) is 0 Å². The molecule has 1 aromatic carbocycles. The van der Waals surface area contributed by atoms with Crippen LogP contribution in [0.4, 0.5) is 0 Å². The van der Waals surface area contributed by atoms with Crippen molar-refractivity contribution in [2.45, 2.75) is 38.5 Å². The molecule has 0 bridgehead atoms. The first-order valence-electron chi connectivity index (χ1n) is 7.47. The van der Waals surface area contributed by atoms with Crippen LogP contribution in [0.15, 0.2) is 29.3 Å². The number of nitrogens with one attached hydrogen (secondary N) is 2. The van der Waals surface area contributed by atoms with Crippen molar-refractivity contribution in [2.75, 3.05) is 18.8 Å². The third kappa shape index (κ3) is 5.08. The highest BCUT2D eigenvalue weighted by molar-refractivity contribution is 8.00. The summed E-state index contributed by atoms with van der Waals surface area (Å²) in [6.45, 7) is 6.87.